The van der Waals surface area contributed by atoms with E-state index in [4.69, 9.17) is 22.1 Å². The average Bonchev–Trinajstić information content (AvgIpc) is 3.40. The lowest BCUT2D eigenvalue weighted by molar-refractivity contribution is 0.0466. The summed E-state index contributed by atoms with van der Waals surface area (Å²) in [4.78, 5) is 21.6. The van der Waals surface area contributed by atoms with E-state index in [1.165, 1.54) is 0 Å². The Kier molecular flexibility index (Phi) is 4.17. The van der Waals surface area contributed by atoms with Crippen LogP contribution < -0.4 is 5.73 Å². The third-order valence-corrected chi connectivity index (χ3v) is 5.03. The van der Waals surface area contributed by atoms with E-state index < -0.39 is 5.97 Å². The lowest BCUT2D eigenvalue weighted by Gasteiger charge is -2.13. The molecule has 0 radical (unpaired) electrons. The number of nitrogens with one attached hydrogen (secondary N) is 1. The highest BCUT2D eigenvalue weighted by molar-refractivity contribution is 6.35. The van der Waals surface area contributed by atoms with Gasteiger partial charge >= 0.3 is 5.97 Å². The maximum absolute atomic E-state index is 12.5. The third-order valence-electron chi connectivity index (χ3n) is 4.74. The molecule has 1 fully saturated rings. The summed E-state index contributed by atoms with van der Waals surface area (Å²) in [5.74, 6) is -0.525. The lowest BCUT2D eigenvalue weighted by atomic mass is 10.0. The average molecular weight is 406 g/mol. The number of ether oxygens (including phenoxy) is 1. The largest absolute Gasteiger partial charge is 0.458 e. The first-order valence-corrected chi connectivity index (χ1v) is 9.55. The van der Waals surface area contributed by atoms with E-state index in [0.717, 1.165) is 29.3 Å². The van der Waals surface area contributed by atoms with E-state index >= 15 is 0 Å². The number of esters is 1. The summed E-state index contributed by atoms with van der Waals surface area (Å²) in [5, 5.41) is 8.23. The highest BCUT2D eigenvalue weighted by Gasteiger charge is 2.29. The number of hydrogen-bond acceptors (Lipinski definition) is 6. The van der Waals surface area contributed by atoms with Crippen LogP contribution in [0.25, 0.3) is 33.4 Å². The summed E-state index contributed by atoms with van der Waals surface area (Å²) >= 11 is 6.43. The van der Waals surface area contributed by atoms with Crippen LogP contribution in [0.1, 0.15) is 23.3 Å². The van der Waals surface area contributed by atoms with Crippen LogP contribution in [0.2, 0.25) is 5.02 Å². The molecule has 2 aromatic carbocycles. The fraction of sp³-hybridized carbons (Fsp3) is 0.143. The van der Waals surface area contributed by atoms with E-state index in [2.05, 4.69) is 20.2 Å². The van der Waals surface area contributed by atoms with E-state index in [1.807, 2.05) is 36.4 Å². The SMILES string of the molecule is Nc1nc(-c2ccccc2)c(-c2cc(Cl)c3[nH]ncc3c2)nc1C(=O)OC1CC1. The van der Waals surface area contributed by atoms with E-state index in [1.54, 1.807) is 12.3 Å². The van der Waals surface area contributed by atoms with Gasteiger partial charge in [-0.05, 0) is 25.0 Å². The van der Waals surface area contributed by atoms with Gasteiger partial charge in [-0.15, -0.1) is 0 Å². The Bertz CT molecular complexity index is 1230. The molecular formula is C21H16ClN5O2. The van der Waals surface area contributed by atoms with Crippen LogP contribution in [0.3, 0.4) is 0 Å². The molecule has 1 aliphatic carbocycles. The van der Waals surface area contributed by atoms with E-state index in [-0.39, 0.29) is 17.6 Å². The van der Waals surface area contributed by atoms with Crippen LogP contribution in [-0.2, 0) is 4.74 Å². The number of anilines is 1. The minimum atomic E-state index is -0.561. The summed E-state index contributed by atoms with van der Waals surface area (Å²) in [6, 6.07) is 13.2. The van der Waals surface area contributed by atoms with Gasteiger partial charge in [0, 0.05) is 16.5 Å². The fourth-order valence-electron chi connectivity index (χ4n) is 3.14. The van der Waals surface area contributed by atoms with Crippen molar-refractivity contribution >= 4 is 34.3 Å². The molecule has 0 atom stereocenters. The topological polar surface area (TPSA) is 107 Å². The Hall–Kier alpha value is -3.45. The molecular weight excluding hydrogens is 390 g/mol. The summed E-state index contributed by atoms with van der Waals surface area (Å²) in [6.07, 6.45) is 3.35. The molecule has 2 aromatic heterocycles. The predicted octanol–water partition coefficient (Wildman–Crippen LogP) is 4.24. The van der Waals surface area contributed by atoms with Gasteiger partial charge in [0.2, 0.25) is 0 Å². The van der Waals surface area contributed by atoms with Crippen molar-refractivity contribution in [3.63, 3.8) is 0 Å². The highest BCUT2D eigenvalue weighted by atomic mass is 35.5. The van der Waals surface area contributed by atoms with Gasteiger partial charge in [-0.1, -0.05) is 41.9 Å². The van der Waals surface area contributed by atoms with Crippen LogP contribution in [0.4, 0.5) is 5.82 Å². The number of rotatable bonds is 4. The molecule has 0 spiro atoms. The van der Waals surface area contributed by atoms with Crippen LogP contribution in [0, 0.1) is 0 Å². The minimum absolute atomic E-state index is 0.00925. The smallest absolute Gasteiger partial charge is 0.361 e. The van der Waals surface area contributed by atoms with Crippen molar-refractivity contribution in [2.75, 3.05) is 5.73 Å². The Balaban J connectivity index is 1.72. The van der Waals surface area contributed by atoms with Crippen molar-refractivity contribution in [3.8, 4) is 22.5 Å². The van der Waals surface area contributed by atoms with Gasteiger partial charge in [-0.25, -0.2) is 14.8 Å². The quantitative estimate of drug-likeness (QED) is 0.492. The molecule has 0 aliphatic heterocycles. The number of H-pyrrole nitrogens is 1. The Morgan fingerprint density at radius 1 is 1.10 bits per heavy atom. The van der Waals surface area contributed by atoms with Gasteiger partial charge in [-0.2, -0.15) is 5.10 Å². The first kappa shape index (κ1) is 17.6. The van der Waals surface area contributed by atoms with Crippen molar-refractivity contribution in [3.05, 3.63) is 59.4 Å². The fourth-order valence-corrected chi connectivity index (χ4v) is 3.41. The number of benzene rings is 2. The molecule has 144 valence electrons. The Morgan fingerprint density at radius 2 is 1.86 bits per heavy atom. The van der Waals surface area contributed by atoms with Gasteiger partial charge in [0.25, 0.3) is 0 Å². The number of nitrogens with zero attached hydrogens (tertiary/aromatic N) is 3. The molecule has 0 amide bonds. The highest BCUT2D eigenvalue weighted by Crippen LogP contribution is 2.35. The molecule has 4 aromatic rings. The number of aromatic amines is 1. The molecule has 5 rings (SSSR count). The summed E-state index contributed by atoms with van der Waals surface area (Å²) in [5.41, 5.74) is 9.42. The van der Waals surface area contributed by atoms with Crippen molar-refractivity contribution < 1.29 is 9.53 Å². The maximum atomic E-state index is 12.5. The van der Waals surface area contributed by atoms with Crippen molar-refractivity contribution in [1.29, 1.82) is 0 Å². The molecule has 29 heavy (non-hydrogen) atoms. The number of aromatic nitrogens is 4. The van der Waals surface area contributed by atoms with Crippen molar-refractivity contribution in [2.24, 2.45) is 0 Å². The Labute approximate surface area is 170 Å². The maximum Gasteiger partial charge on any atom is 0.361 e. The zero-order valence-electron chi connectivity index (χ0n) is 15.2. The third kappa shape index (κ3) is 3.30. The zero-order valence-corrected chi connectivity index (χ0v) is 16.0. The summed E-state index contributed by atoms with van der Waals surface area (Å²) < 4.78 is 5.38. The number of halogens is 1. The molecule has 0 unspecified atom stereocenters. The summed E-state index contributed by atoms with van der Waals surface area (Å²) in [7, 11) is 0. The van der Waals surface area contributed by atoms with Crippen LogP contribution in [0.5, 0.6) is 0 Å². The van der Waals surface area contributed by atoms with E-state index in [9.17, 15) is 4.79 Å². The number of carbonyl (C=O) groups is 1. The first-order chi connectivity index (χ1) is 14.1. The molecule has 0 bridgehead atoms. The van der Waals surface area contributed by atoms with Gasteiger partial charge in [0.1, 0.15) is 6.10 Å². The standard InChI is InChI=1S/C21H16ClN5O2/c22-15-9-12(8-13-10-24-27-16(13)15)18-17(11-4-2-1-3-5-11)26-20(23)19(25-18)21(28)29-14-6-7-14/h1-5,8-10,14H,6-7H2,(H2,23,26)(H,24,27). The monoisotopic (exact) mass is 405 g/mol. The first-order valence-electron chi connectivity index (χ1n) is 9.17. The van der Waals surface area contributed by atoms with Crippen LogP contribution in [0.15, 0.2) is 48.7 Å². The van der Waals surface area contributed by atoms with Gasteiger partial charge in [-0.3, -0.25) is 5.10 Å². The van der Waals surface area contributed by atoms with Gasteiger partial charge < -0.3 is 10.5 Å². The number of nitrogens with two attached hydrogens (primary N) is 1. The lowest BCUT2D eigenvalue weighted by Crippen LogP contribution is -2.14. The molecule has 1 aliphatic rings. The number of fused-ring (bicyclic) bond motifs is 1. The predicted molar refractivity (Wildman–Crippen MR) is 110 cm³/mol. The molecule has 8 heteroatoms. The molecule has 1 saturated carbocycles. The Morgan fingerprint density at radius 3 is 2.62 bits per heavy atom. The number of hydrogen-bond donors (Lipinski definition) is 2. The van der Waals surface area contributed by atoms with Gasteiger partial charge in [0.15, 0.2) is 11.5 Å². The minimum Gasteiger partial charge on any atom is -0.458 e. The molecule has 0 saturated heterocycles. The van der Waals surface area contributed by atoms with E-state index in [0.29, 0.717) is 22.0 Å². The molecule has 3 N–H and O–H groups in total. The second-order valence-corrected chi connectivity index (χ2v) is 7.32. The number of nitrogen functional groups attached to an aromatic ring is 1. The van der Waals surface area contributed by atoms with Crippen molar-refractivity contribution in [2.45, 2.75) is 18.9 Å². The summed E-state index contributed by atoms with van der Waals surface area (Å²) in [6.45, 7) is 0. The number of carbonyl (C=O) groups excluding carboxylic acids is 1. The second kappa shape index (κ2) is 6.86. The zero-order chi connectivity index (χ0) is 20.0. The van der Waals surface area contributed by atoms with Crippen LogP contribution >= 0.6 is 11.6 Å². The molecule has 2 heterocycles. The van der Waals surface area contributed by atoms with Crippen molar-refractivity contribution in [1.82, 2.24) is 20.2 Å². The van der Waals surface area contributed by atoms with Crippen LogP contribution in [-0.4, -0.2) is 32.2 Å². The molecule has 7 nitrogen and oxygen atoms in total. The normalized spacial score (nSPS) is 13.6. The van der Waals surface area contributed by atoms with Gasteiger partial charge in [0.05, 0.1) is 28.1 Å². The second-order valence-electron chi connectivity index (χ2n) is 6.92.